The van der Waals surface area contributed by atoms with Crippen molar-refractivity contribution < 1.29 is 9.53 Å². The lowest BCUT2D eigenvalue weighted by Gasteiger charge is -2.28. The Hall–Kier alpha value is -1.08. The molecule has 0 aromatic rings. The standard InChI is InChI=1S/C10H12N2O2/c11-6-10(1-2-10)9(13)12-4-8-3-7(12)5-14-8/h7-8H,1-5H2. The minimum atomic E-state index is -0.648. The van der Waals surface area contributed by atoms with Gasteiger partial charge in [-0.05, 0) is 19.3 Å². The van der Waals surface area contributed by atoms with Gasteiger partial charge in [0.1, 0.15) is 5.41 Å². The van der Waals surface area contributed by atoms with E-state index in [1.165, 1.54) is 0 Å². The summed E-state index contributed by atoms with van der Waals surface area (Å²) in [4.78, 5) is 13.9. The molecule has 3 rings (SSSR count). The van der Waals surface area contributed by atoms with Crippen LogP contribution in [-0.2, 0) is 9.53 Å². The van der Waals surface area contributed by atoms with Crippen LogP contribution in [0.25, 0.3) is 0 Å². The van der Waals surface area contributed by atoms with E-state index >= 15 is 0 Å². The lowest BCUT2D eigenvalue weighted by Crippen LogP contribution is -2.44. The van der Waals surface area contributed by atoms with Gasteiger partial charge in [0, 0.05) is 6.54 Å². The smallest absolute Gasteiger partial charge is 0.243 e. The molecule has 3 aliphatic rings. The van der Waals surface area contributed by atoms with Gasteiger partial charge in [-0.2, -0.15) is 5.26 Å². The summed E-state index contributed by atoms with van der Waals surface area (Å²) in [5.41, 5.74) is -0.648. The van der Waals surface area contributed by atoms with Crippen molar-refractivity contribution in [2.45, 2.75) is 31.4 Å². The van der Waals surface area contributed by atoms with Crippen LogP contribution in [0, 0.1) is 16.7 Å². The minimum Gasteiger partial charge on any atom is -0.374 e. The molecular weight excluding hydrogens is 180 g/mol. The largest absolute Gasteiger partial charge is 0.374 e. The first-order valence-corrected chi connectivity index (χ1v) is 5.09. The molecule has 2 unspecified atom stereocenters. The highest BCUT2D eigenvalue weighted by atomic mass is 16.5. The van der Waals surface area contributed by atoms with Crippen LogP contribution in [0.15, 0.2) is 0 Å². The summed E-state index contributed by atoms with van der Waals surface area (Å²) in [6.07, 6.45) is 2.69. The van der Waals surface area contributed by atoms with Crippen molar-refractivity contribution in [2.75, 3.05) is 13.2 Å². The van der Waals surface area contributed by atoms with Gasteiger partial charge in [0.25, 0.3) is 0 Å². The van der Waals surface area contributed by atoms with Crippen LogP contribution in [0.4, 0.5) is 0 Å². The Balaban J connectivity index is 1.78. The number of ether oxygens (including phenoxy) is 1. The SMILES string of the molecule is N#CC1(C(=O)N2CC3CC2CO3)CC1. The fraction of sp³-hybridized carbons (Fsp3) is 0.800. The van der Waals surface area contributed by atoms with Crippen LogP contribution in [0.2, 0.25) is 0 Å². The Kier molecular flexibility index (Phi) is 1.46. The first-order chi connectivity index (χ1) is 6.75. The molecule has 2 aliphatic heterocycles. The number of hydrogen-bond donors (Lipinski definition) is 0. The lowest BCUT2D eigenvalue weighted by atomic mass is 10.1. The van der Waals surface area contributed by atoms with Crippen molar-refractivity contribution in [3.63, 3.8) is 0 Å². The molecule has 4 heteroatoms. The van der Waals surface area contributed by atoms with Gasteiger partial charge in [-0.25, -0.2) is 0 Å². The number of carbonyl (C=O) groups is 1. The van der Waals surface area contributed by atoms with E-state index in [1.807, 2.05) is 4.90 Å². The van der Waals surface area contributed by atoms with Crippen molar-refractivity contribution in [3.8, 4) is 6.07 Å². The van der Waals surface area contributed by atoms with Crippen molar-refractivity contribution in [3.05, 3.63) is 0 Å². The Labute approximate surface area is 82.4 Å². The number of rotatable bonds is 1. The molecule has 2 atom stereocenters. The maximum Gasteiger partial charge on any atom is 0.243 e. The zero-order valence-electron chi connectivity index (χ0n) is 7.90. The predicted molar refractivity (Wildman–Crippen MR) is 47.1 cm³/mol. The highest BCUT2D eigenvalue weighted by Crippen LogP contribution is 2.48. The van der Waals surface area contributed by atoms with Gasteiger partial charge in [-0.3, -0.25) is 4.79 Å². The molecule has 0 radical (unpaired) electrons. The Morgan fingerprint density at radius 2 is 2.36 bits per heavy atom. The van der Waals surface area contributed by atoms with Gasteiger partial charge in [0.05, 0.1) is 24.8 Å². The number of morpholine rings is 1. The highest BCUT2D eigenvalue weighted by molar-refractivity contribution is 5.88. The summed E-state index contributed by atoms with van der Waals surface area (Å²) >= 11 is 0. The summed E-state index contributed by atoms with van der Waals surface area (Å²) in [5.74, 6) is 0.0517. The molecule has 1 amide bonds. The molecule has 0 N–H and O–H groups in total. The van der Waals surface area contributed by atoms with Crippen LogP contribution in [0.1, 0.15) is 19.3 Å². The third-order valence-electron chi connectivity index (χ3n) is 3.53. The summed E-state index contributed by atoms with van der Waals surface area (Å²) in [6, 6.07) is 2.40. The van der Waals surface area contributed by atoms with E-state index in [4.69, 9.17) is 10.00 Å². The van der Waals surface area contributed by atoms with Crippen molar-refractivity contribution in [2.24, 2.45) is 5.41 Å². The first-order valence-electron chi connectivity index (χ1n) is 5.09. The summed E-state index contributed by atoms with van der Waals surface area (Å²) in [5, 5.41) is 8.93. The summed E-state index contributed by atoms with van der Waals surface area (Å²) in [7, 11) is 0. The van der Waals surface area contributed by atoms with E-state index in [2.05, 4.69) is 6.07 Å². The third kappa shape index (κ3) is 0.934. The van der Waals surface area contributed by atoms with E-state index in [0.29, 0.717) is 13.2 Å². The minimum absolute atomic E-state index is 0.0517. The van der Waals surface area contributed by atoms with Gasteiger partial charge in [0.2, 0.25) is 5.91 Å². The molecule has 2 heterocycles. The molecule has 0 aromatic carbocycles. The number of carbonyl (C=O) groups excluding carboxylic acids is 1. The monoisotopic (exact) mass is 192 g/mol. The molecule has 3 fully saturated rings. The van der Waals surface area contributed by atoms with Gasteiger partial charge < -0.3 is 9.64 Å². The lowest BCUT2D eigenvalue weighted by molar-refractivity contribution is -0.139. The maximum absolute atomic E-state index is 12.0. The number of nitrogens with zero attached hydrogens (tertiary/aromatic N) is 2. The van der Waals surface area contributed by atoms with Crippen molar-refractivity contribution in [1.82, 2.24) is 4.90 Å². The Morgan fingerprint density at radius 1 is 1.57 bits per heavy atom. The molecule has 2 saturated heterocycles. The summed E-state index contributed by atoms with van der Waals surface area (Å²) in [6.45, 7) is 1.37. The fourth-order valence-corrected chi connectivity index (χ4v) is 2.42. The fourth-order valence-electron chi connectivity index (χ4n) is 2.42. The number of amides is 1. The van der Waals surface area contributed by atoms with Gasteiger partial charge in [-0.1, -0.05) is 0 Å². The quantitative estimate of drug-likeness (QED) is 0.600. The van der Waals surface area contributed by atoms with Crippen LogP contribution in [-0.4, -0.2) is 36.1 Å². The maximum atomic E-state index is 12.0. The van der Waals surface area contributed by atoms with E-state index < -0.39 is 5.41 Å². The number of nitriles is 1. The highest BCUT2D eigenvalue weighted by Gasteiger charge is 2.56. The van der Waals surface area contributed by atoms with Gasteiger partial charge >= 0.3 is 0 Å². The molecule has 0 spiro atoms. The molecule has 2 bridgehead atoms. The first kappa shape index (κ1) is 8.25. The molecule has 0 aromatic heterocycles. The van der Waals surface area contributed by atoms with Gasteiger partial charge in [-0.15, -0.1) is 0 Å². The molecule has 74 valence electrons. The third-order valence-corrected chi connectivity index (χ3v) is 3.53. The predicted octanol–water partition coefficient (Wildman–Crippen LogP) is 0.290. The van der Waals surface area contributed by atoms with Crippen LogP contribution >= 0.6 is 0 Å². The number of likely N-dealkylation sites (tertiary alicyclic amines) is 1. The topological polar surface area (TPSA) is 53.3 Å². The van der Waals surface area contributed by atoms with E-state index in [0.717, 1.165) is 19.3 Å². The summed E-state index contributed by atoms with van der Waals surface area (Å²) < 4.78 is 5.42. The number of hydrogen-bond acceptors (Lipinski definition) is 3. The Bertz CT molecular complexity index is 330. The van der Waals surface area contributed by atoms with E-state index in [1.54, 1.807) is 0 Å². The molecular formula is C10H12N2O2. The normalized spacial score (nSPS) is 36.9. The van der Waals surface area contributed by atoms with E-state index in [9.17, 15) is 4.79 Å². The Morgan fingerprint density at radius 3 is 2.79 bits per heavy atom. The average molecular weight is 192 g/mol. The molecule has 4 nitrogen and oxygen atoms in total. The van der Waals surface area contributed by atoms with Crippen molar-refractivity contribution >= 4 is 5.91 Å². The zero-order chi connectivity index (χ0) is 9.76. The second-order valence-electron chi connectivity index (χ2n) is 4.50. The van der Waals surface area contributed by atoms with Gasteiger partial charge in [0.15, 0.2) is 0 Å². The number of fused-ring (bicyclic) bond motifs is 2. The second kappa shape index (κ2) is 2.48. The molecule has 1 aliphatic carbocycles. The second-order valence-corrected chi connectivity index (χ2v) is 4.50. The average Bonchev–Trinajstić information content (AvgIpc) is 2.73. The van der Waals surface area contributed by atoms with E-state index in [-0.39, 0.29) is 18.1 Å². The van der Waals surface area contributed by atoms with Crippen molar-refractivity contribution in [1.29, 1.82) is 5.26 Å². The molecule has 14 heavy (non-hydrogen) atoms. The van der Waals surface area contributed by atoms with Crippen LogP contribution in [0.5, 0.6) is 0 Å². The zero-order valence-corrected chi connectivity index (χ0v) is 7.90. The van der Waals surface area contributed by atoms with Crippen LogP contribution in [0.3, 0.4) is 0 Å². The van der Waals surface area contributed by atoms with Crippen LogP contribution < -0.4 is 0 Å². The molecule has 1 saturated carbocycles.